The number of likely N-dealkylation sites (tertiary alicyclic amines) is 1. The highest BCUT2D eigenvalue weighted by Crippen LogP contribution is 2.31. The molecule has 0 spiro atoms. The molecule has 5 rings (SSSR count). The third-order valence-corrected chi connectivity index (χ3v) is 8.26. The summed E-state index contributed by atoms with van der Waals surface area (Å²) in [6.07, 6.45) is 1.83. The molecule has 0 bridgehead atoms. The third-order valence-electron chi connectivity index (χ3n) is 7.25. The predicted molar refractivity (Wildman–Crippen MR) is 150 cm³/mol. The Labute approximate surface area is 229 Å². The van der Waals surface area contributed by atoms with E-state index >= 15 is 0 Å². The quantitative estimate of drug-likeness (QED) is 0.433. The van der Waals surface area contributed by atoms with E-state index in [0.717, 1.165) is 56.3 Å². The number of carbonyl (C=O) groups excluding carboxylic acids is 2. The van der Waals surface area contributed by atoms with Crippen molar-refractivity contribution in [2.75, 3.05) is 39.3 Å². The summed E-state index contributed by atoms with van der Waals surface area (Å²) in [7, 11) is 0. The van der Waals surface area contributed by atoms with Crippen LogP contribution in [0.5, 0.6) is 5.75 Å². The molecule has 1 aromatic heterocycles. The fraction of sp³-hybridized carbons (Fsp3) is 0.433. The van der Waals surface area contributed by atoms with Crippen molar-refractivity contribution in [3.8, 4) is 5.75 Å². The van der Waals surface area contributed by atoms with E-state index in [1.54, 1.807) is 11.3 Å². The molecule has 2 aliphatic heterocycles. The van der Waals surface area contributed by atoms with Crippen molar-refractivity contribution in [1.82, 2.24) is 19.7 Å². The summed E-state index contributed by atoms with van der Waals surface area (Å²) in [5.74, 6) is 1.15. The van der Waals surface area contributed by atoms with Crippen molar-refractivity contribution in [1.29, 1.82) is 0 Å². The molecule has 3 aromatic rings. The number of amides is 2. The maximum Gasteiger partial charge on any atom is 0.273 e. The molecule has 0 radical (unpaired) electrons. The monoisotopic (exact) mass is 532 g/mol. The Morgan fingerprint density at radius 2 is 1.55 bits per heavy atom. The van der Waals surface area contributed by atoms with Gasteiger partial charge in [0.05, 0.1) is 11.1 Å². The fourth-order valence-electron chi connectivity index (χ4n) is 5.15. The van der Waals surface area contributed by atoms with E-state index in [1.165, 1.54) is 5.56 Å². The molecule has 0 aliphatic carbocycles. The van der Waals surface area contributed by atoms with Crippen molar-refractivity contribution in [2.24, 2.45) is 0 Å². The Bertz CT molecular complexity index is 1210. The zero-order valence-electron chi connectivity index (χ0n) is 22.2. The Morgan fingerprint density at radius 1 is 0.895 bits per heavy atom. The van der Waals surface area contributed by atoms with Gasteiger partial charge in [0.2, 0.25) is 0 Å². The molecule has 8 heteroatoms. The first-order valence-electron chi connectivity index (χ1n) is 13.5. The van der Waals surface area contributed by atoms with Crippen LogP contribution in [-0.4, -0.2) is 76.9 Å². The van der Waals surface area contributed by atoms with Gasteiger partial charge in [0.25, 0.3) is 11.8 Å². The topological polar surface area (TPSA) is 66.0 Å². The number of ether oxygens (including phenoxy) is 1. The first-order valence-corrected chi connectivity index (χ1v) is 14.4. The first-order chi connectivity index (χ1) is 18.5. The molecule has 0 saturated carbocycles. The lowest BCUT2D eigenvalue weighted by Gasteiger charge is -2.34. The van der Waals surface area contributed by atoms with Gasteiger partial charge in [-0.1, -0.05) is 30.3 Å². The van der Waals surface area contributed by atoms with Gasteiger partial charge < -0.3 is 14.5 Å². The van der Waals surface area contributed by atoms with Crippen LogP contribution in [0, 0.1) is 0 Å². The van der Waals surface area contributed by atoms with Crippen LogP contribution in [0.3, 0.4) is 0 Å². The highest BCUT2D eigenvalue weighted by molar-refractivity contribution is 7.09. The Hall–Kier alpha value is -3.23. The van der Waals surface area contributed by atoms with E-state index < -0.39 is 0 Å². The lowest BCUT2D eigenvalue weighted by Crippen LogP contribution is -2.48. The number of aromatic nitrogens is 1. The van der Waals surface area contributed by atoms with Crippen LogP contribution >= 0.6 is 11.3 Å². The second kappa shape index (κ2) is 12.1. The van der Waals surface area contributed by atoms with Crippen LogP contribution in [0.1, 0.15) is 64.0 Å². The molecule has 7 nitrogen and oxygen atoms in total. The molecule has 2 amide bonds. The van der Waals surface area contributed by atoms with Crippen LogP contribution in [0.4, 0.5) is 0 Å². The number of piperidine rings is 1. The molecule has 2 aromatic carbocycles. The Kier molecular flexibility index (Phi) is 8.39. The molecule has 3 heterocycles. The number of rotatable bonds is 7. The average Bonchev–Trinajstić information content (AvgIpc) is 3.44. The number of nitrogens with zero attached hydrogens (tertiary/aromatic N) is 4. The summed E-state index contributed by atoms with van der Waals surface area (Å²) in [6.45, 7) is 9.47. The molecule has 0 atom stereocenters. The second-order valence-corrected chi connectivity index (χ2v) is 11.3. The van der Waals surface area contributed by atoms with Crippen LogP contribution in [-0.2, 0) is 6.54 Å². The van der Waals surface area contributed by atoms with E-state index in [4.69, 9.17) is 9.72 Å². The van der Waals surface area contributed by atoms with E-state index in [9.17, 15) is 9.59 Å². The standard InChI is InChI=1S/C30H36N4O3S/c1-22(2)37-26-10-8-25(9-11-26)29(35)33-14-12-24(13-15-33)28-31-27(21-38-28)30(36)34-18-16-32(17-19-34)20-23-6-4-3-5-7-23/h3-11,21-22,24H,12-20H2,1-2H3. The minimum atomic E-state index is 0.0318. The maximum atomic E-state index is 13.1. The summed E-state index contributed by atoms with van der Waals surface area (Å²) >= 11 is 1.58. The van der Waals surface area contributed by atoms with Crippen LogP contribution in [0.2, 0.25) is 0 Å². The zero-order valence-corrected chi connectivity index (χ0v) is 23.0. The van der Waals surface area contributed by atoms with E-state index in [1.807, 2.05) is 59.4 Å². The number of hydrogen-bond donors (Lipinski definition) is 0. The number of carbonyl (C=O) groups is 2. The van der Waals surface area contributed by atoms with Crippen LogP contribution < -0.4 is 4.74 Å². The van der Waals surface area contributed by atoms with Crippen molar-refractivity contribution in [3.05, 3.63) is 81.8 Å². The van der Waals surface area contributed by atoms with Gasteiger partial charge in [-0.2, -0.15) is 0 Å². The molecule has 0 N–H and O–H groups in total. The highest BCUT2D eigenvalue weighted by Gasteiger charge is 2.28. The van der Waals surface area contributed by atoms with Gasteiger partial charge in [-0.15, -0.1) is 11.3 Å². The summed E-state index contributed by atoms with van der Waals surface area (Å²) in [5.41, 5.74) is 2.55. The van der Waals surface area contributed by atoms with Gasteiger partial charge in [-0.3, -0.25) is 14.5 Å². The lowest BCUT2D eigenvalue weighted by molar-refractivity contribution is 0.0623. The smallest absolute Gasteiger partial charge is 0.273 e. The summed E-state index contributed by atoms with van der Waals surface area (Å²) in [5, 5.41) is 2.92. The van der Waals surface area contributed by atoms with Crippen molar-refractivity contribution < 1.29 is 14.3 Å². The first kappa shape index (κ1) is 26.4. The molecule has 0 unspecified atom stereocenters. The largest absolute Gasteiger partial charge is 0.491 e. The zero-order chi connectivity index (χ0) is 26.5. The van der Waals surface area contributed by atoms with Crippen molar-refractivity contribution in [3.63, 3.8) is 0 Å². The molecule has 2 saturated heterocycles. The van der Waals surface area contributed by atoms with Crippen LogP contribution in [0.15, 0.2) is 60.0 Å². The number of piperazine rings is 1. The fourth-order valence-corrected chi connectivity index (χ4v) is 6.11. The van der Waals surface area contributed by atoms with Gasteiger partial charge in [0, 0.05) is 62.7 Å². The van der Waals surface area contributed by atoms with Gasteiger partial charge in [-0.05, 0) is 56.5 Å². The third kappa shape index (κ3) is 6.42. The van der Waals surface area contributed by atoms with Gasteiger partial charge in [-0.25, -0.2) is 4.98 Å². The second-order valence-electron chi connectivity index (χ2n) is 10.4. The van der Waals surface area contributed by atoms with Crippen molar-refractivity contribution in [2.45, 2.75) is 45.3 Å². The SMILES string of the molecule is CC(C)Oc1ccc(C(=O)N2CCC(c3nc(C(=O)N4CCN(Cc5ccccc5)CC4)cs3)CC2)cc1. The van der Waals surface area contributed by atoms with E-state index in [2.05, 4.69) is 29.2 Å². The minimum absolute atomic E-state index is 0.0318. The van der Waals surface area contributed by atoms with Crippen LogP contribution in [0.25, 0.3) is 0 Å². The predicted octanol–water partition coefficient (Wildman–Crippen LogP) is 4.91. The molecule has 2 fully saturated rings. The number of thiazole rings is 1. The molecule has 200 valence electrons. The minimum Gasteiger partial charge on any atom is -0.491 e. The van der Waals surface area contributed by atoms with Gasteiger partial charge >= 0.3 is 0 Å². The Morgan fingerprint density at radius 3 is 2.21 bits per heavy atom. The highest BCUT2D eigenvalue weighted by atomic mass is 32.1. The number of hydrogen-bond acceptors (Lipinski definition) is 6. The normalized spacial score (nSPS) is 17.1. The summed E-state index contributed by atoms with van der Waals surface area (Å²) < 4.78 is 5.68. The average molecular weight is 533 g/mol. The number of benzene rings is 2. The lowest BCUT2D eigenvalue weighted by atomic mass is 9.97. The molecule has 2 aliphatic rings. The summed E-state index contributed by atoms with van der Waals surface area (Å²) in [4.78, 5) is 37.1. The van der Waals surface area contributed by atoms with Gasteiger partial charge in [0.15, 0.2) is 0 Å². The van der Waals surface area contributed by atoms with Crippen molar-refractivity contribution >= 4 is 23.2 Å². The molecule has 38 heavy (non-hydrogen) atoms. The molecular formula is C30H36N4O3S. The van der Waals surface area contributed by atoms with E-state index in [-0.39, 0.29) is 23.8 Å². The molecular weight excluding hydrogens is 496 g/mol. The Balaban J connectivity index is 1.10. The maximum absolute atomic E-state index is 13.1. The van der Waals surface area contributed by atoms with E-state index in [0.29, 0.717) is 24.3 Å². The summed E-state index contributed by atoms with van der Waals surface area (Å²) in [6, 6.07) is 17.9. The van der Waals surface area contributed by atoms with Gasteiger partial charge in [0.1, 0.15) is 11.4 Å².